The summed E-state index contributed by atoms with van der Waals surface area (Å²) in [5.41, 5.74) is 4.73. The minimum atomic E-state index is 0.247. The van der Waals surface area contributed by atoms with Crippen LogP contribution in [0.15, 0.2) is 67.0 Å². The molecule has 0 N–H and O–H groups in total. The topological polar surface area (TPSA) is 30.2 Å². The average Bonchev–Trinajstić information content (AvgIpc) is 3.29. The Labute approximate surface area is 143 Å². The molecule has 5 aromatic heterocycles. The summed E-state index contributed by atoms with van der Waals surface area (Å²) in [5.74, 6) is 0. The number of fused-ring (bicyclic) bond motifs is 6. The molecule has 24 heavy (non-hydrogen) atoms. The zero-order valence-electron chi connectivity index (χ0n) is 12.6. The van der Waals surface area contributed by atoms with Gasteiger partial charge in [-0.1, -0.05) is 0 Å². The van der Waals surface area contributed by atoms with Crippen molar-refractivity contribution in [2.24, 2.45) is 0 Å². The molecule has 0 saturated heterocycles. The summed E-state index contributed by atoms with van der Waals surface area (Å²) in [6.45, 7) is 0. The Morgan fingerprint density at radius 2 is 1.71 bits per heavy atom. The standard InChI is InChI=1S/C20H11N3Se/c1-2-7-16-13(5-1)18-19-12(8-10-22-18)14-11-17(24-20(14)23(16)19)15-6-3-4-9-21-15/h1-11H. The Balaban J connectivity index is 1.85. The van der Waals surface area contributed by atoms with Crippen LogP contribution in [0.4, 0.5) is 0 Å². The summed E-state index contributed by atoms with van der Waals surface area (Å²) >= 11 is 0.247. The molecular weight excluding hydrogens is 361 g/mol. The van der Waals surface area contributed by atoms with Crippen molar-refractivity contribution in [3.63, 3.8) is 0 Å². The zero-order valence-corrected chi connectivity index (χ0v) is 14.3. The Kier molecular flexibility index (Phi) is 2.35. The van der Waals surface area contributed by atoms with Crippen LogP contribution in [0.2, 0.25) is 0 Å². The molecule has 0 spiro atoms. The van der Waals surface area contributed by atoms with Gasteiger partial charge in [0.15, 0.2) is 0 Å². The van der Waals surface area contributed by atoms with Crippen molar-refractivity contribution in [3.8, 4) is 10.1 Å². The molecule has 6 rings (SSSR count). The molecule has 4 heteroatoms. The molecular formula is C20H11N3Se. The van der Waals surface area contributed by atoms with Crippen LogP contribution in [0.5, 0.6) is 0 Å². The molecule has 0 unspecified atom stereocenters. The molecule has 112 valence electrons. The SMILES string of the molecule is c1ccc(-c2cc3c4ccnc5c6ccccc6n(c3[se]2)c45)nc1. The monoisotopic (exact) mass is 373 g/mol. The van der Waals surface area contributed by atoms with Gasteiger partial charge in [0, 0.05) is 0 Å². The van der Waals surface area contributed by atoms with Gasteiger partial charge >= 0.3 is 143 Å². The Morgan fingerprint density at radius 1 is 0.792 bits per heavy atom. The zero-order chi connectivity index (χ0) is 15.7. The Bertz CT molecular complexity index is 1350. The van der Waals surface area contributed by atoms with Crippen molar-refractivity contribution in [1.29, 1.82) is 0 Å². The molecule has 0 atom stereocenters. The maximum atomic E-state index is 4.66. The first-order valence-corrected chi connectivity index (χ1v) is 9.57. The predicted molar refractivity (Wildman–Crippen MR) is 99.1 cm³/mol. The maximum absolute atomic E-state index is 4.66. The number of rotatable bonds is 1. The summed E-state index contributed by atoms with van der Waals surface area (Å²) in [4.78, 5) is 9.20. The molecule has 1 aromatic carbocycles. The molecule has 0 fully saturated rings. The summed E-state index contributed by atoms with van der Waals surface area (Å²) in [6.07, 6.45) is 3.81. The van der Waals surface area contributed by atoms with Crippen LogP contribution in [0.25, 0.3) is 47.2 Å². The third-order valence-corrected chi connectivity index (χ3v) is 7.07. The number of hydrogen-bond donors (Lipinski definition) is 0. The van der Waals surface area contributed by atoms with E-state index in [0.717, 1.165) is 11.2 Å². The molecule has 5 heterocycles. The van der Waals surface area contributed by atoms with Crippen molar-refractivity contribution in [2.75, 3.05) is 0 Å². The molecule has 0 amide bonds. The van der Waals surface area contributed by atoms with E-state index in [0.29, 0.717) is 0 Å². The van der Waals surface area contributed by atoms with E-state index >= 15 is 0 Å². The van der Waals surface area contributed by atoms with Gasteiger partial charge in [-0.25, -0.2) is 0 Å². The second kappa shape index (κ2) is 4.44. The number of hydrogen-bond acceptors (Lipinski definition) is 2. The molecule has 0 radical (unpaired) electrons. The number of nitrogens with zero attached hydrogens (tertiary/aromatic N) is 3. The molecule has 3 nitrogen and oxygen atoms in total. The Hall–Kier alpha value is -2.68. The van der Waals surface area contributed by atoms with E-state index in [4.69, 9.17) is 0 Å². The van der Waals surface area contributed by atoms with Crippen molar-refractivity contribution in [2.45, 2.75) is 0 Å². The average molecular weight is 372 g/mol. The van der Waals surface area contributed by atoms with Crippen molar-refractivity contribution < 1.29 is 0 Å². The molecule has 0 aliphatic rings. The fraction of sp³-hybridized carbons (Fsp3) is 0. The normalized spacial score (nSPS) is 12.2. The number of pyridine rings is 2. The van der Waals surface area contributed by atoms with Gasteiger partial charge in [0.1, 0.15) is 0 Å². The van der Waals surface area contributed by atoms with Gasteiger partial charge < -0.3 is 0 Å². The van der Waals surface area contributed by atoms with Gasteiger partial charge in [0.25, 0.3) is 0 Å². The minimum absolute atomic E-state index is 0.247. The van der Waals surface area contributed by atoms with Crippen molar-refractivity contribution in [1.82, 2.24) is 14.4 Å². The van der Waals surface area contributed by atoms with Gasteiger partial charge in [-0.15, -0.1) is 0 Å². The fourth-order valence-electron chi connectivity index (χ4n) is 3.67. The number of para-hydroxylation sites is 1. The van der Waals surface area contributed by atoms with E-state index in [2.05, 4.69) is 62.9 Å². The summed E-state index contributed by atoms with van der Waals surface area (Å²) in [5, 5.41) is 3.89. The first-order chi connectivity index (χ1) is 11.9. The van der Waals surface area contributed by atoms with E-state index in [1.54, 1.807) is 0 Å². The van der Waals surface area contributed by atoms with Crippen LogP contribution in [-0.2, 0) is 0 Å². The van der Waals surface area contributed by atoms with Crippen molar-refractivity contribution >= 4 is 51.6 Å². The van der Waals surface area contributed by atoms with E-state index < -0.39 is 0 Å². The van der Waals surface area contributed by atoms with Gasteiger partial charge in [0.2, 0.25) is 0 Å². The first kappa shape index (κ1) is 12.7. The molecule has 6 aromatic rings. The van der Waals surface area contributed by atoms with E-state index in [-0.39, 0.29) is 14.5 Å². The van der Waals surface area contributed by atoms with Crippen molar-refractivity contribution in [3.05, 3.63) is 67.0 Å². The van der Waals surface area contributed by atoms with E-state index in [1.807, 2.05) is 18.5 Å². The quantitative estimate of drug-likeness (QED) is 0.402. The van der Waals surface area contributed by atoms with Crippen LogP contribution >= 0.6 is 0 Å². The molecule has 0 saturated carbocycles. The third-order valence-electron chi connectivity index (χ3n) is 4.67. The van der Waals surface area contributed by atoms with Gasteiger partial charge in [-0.3, -0.25) is 0 Å². The van der Waals surface area contributed by atoms with Gasteiger partial charge in [0.05, 0.1) is 0 Å². The molecule has 0 aliphatic carbocycles. The molecule has 0 bridgehead atoms. The number of aromatic nitrogens is 3. The van der Waals surface area contributed by atoms with Crippen LogP contribution in [0.3, 0.4) is 0 Å². The van der Waals surface area contributed by atoms with Gasteiger partial charge in [-0.2, -0.15) is 0 Å². The third kappa shape index (κ3) is 1.47. The fourth-order valence-corrected chi connectivity index (χ4v) is 6.13. The van der Waals surface area contributed by atoms with Crippen LogP contribution in [-0.4, -0.2) is 28.9 Å². The van der Waals surface area contributed by atoms with Crippen LogP contribution < -0.4 is 0 Å². The summed E-state index contributed by atoms with van der Waals surface area (Å²) in [7, 11) is 0. The Morgan fingerprint density at radius 3 is 2.62 bits per heavy atom. The molecule has 0 aliphatic heterocycles. The predicted octanol–water partition coefficient (Wildman–Crippen LogP) is 4.35. The summed E-state index contributed by atoms with van der Waals surface area (Å²) in [6, 6.07) is 19.2. The van der Waals surface area contributed by atoms with E-state index in [1.165, 1.54) is 36.0 Å². The second-order valence-electron chi connectivity index (χ2n) is 5.95. The van der Waals surface area contributed by atoms with Crippen LogP contribution in [0.1, 0.15) is 0 Å². The van der Waals surface area contributed by atoms with Gasteiger partial charge in [-0.05, 0) is 0 Å². The van der Waals surface area contributed by atoms with E-state index in [9.17, 15) is 0 Å². The second-order valence-corrected chi connectivity index (χ2v) is 8.12. The first-order valence-electron chi connectivity index (χ1n) is 7.86. The van der Waals surface area contributed by atoms with Crippen LogP contribution in [0, 0.1) is 0 Å². The summed E-state index contributed by atoms with van der Waals surface area (Å²) < 4.78 is 5.19. The number of benzene rings is 1.